The minimum absolute atomic E-state index is 0.212. The average Bonchev–Trinajstić information content (AvgIpc) is 2.39. The van der Waals surface area contributed by atoms with Crippen molar-refractivity contribution in [2.75, 3.05) is 6.61 Å². The van der Waals surface area contributed by atoms with Crippen LogP contribution in [0, 0.1) is 0 Å². The Balaban J connectivity index is 2.55. The molecule has 1 heterocycles. The van der Waals surface area contributed by atoms with Gasteiger partial charge >= 0.3 is 12.3 Å². The second kappa shape index (κ2) is 4.52. The van der Waals surface area contributed by atoms with Gasteiger partial charge in [0.2, 0.25) is 5.83 Å². The number of hydrogen-bond acceptors (Lipinski definition) is 4. The number of allylic oxidation sites excluding steroid dienone is 1. The van der Waals surface area contributed by atoms with Crippen molar-refractivity contribution < 1.29 is 36.6 Å². The van der Waals surface area contributed by atoms with Crippen LogP contribution in [0.2, 0.25) is 0 Å². The standard InChI is InChI=1S/C9H10F4O4/c1-5-8(2,17-7(14)16-5)15-4-3-6(10)9(11,12)13/h3,5H,4H2,1-2H3. The van der Waals surface area contributed by atoms with Gasteiger partial charge in [0.15, 0.2) is 6.10 Å². The van der Waals surface area contributed by atoms with Crippen LogP contribution in [0.4, 0.5) is 22.4 Å². The molecule has 0 saturated carbocycles. The van der Waals surface area contributed by atoms with Gasteiger partial charge in [0.1, 0.15) is 0 Å². The molecule has 0 spiro atoms. The van der Waals surface area contributed by atoms with Gasteiger partial charge in [-0.2, -0.15) is 13.2 Å². The van der Waals surface area contributed by atoms with E-state index in [-0.39, 0.29) is 6.08 Å². The summed E-state index contributed by atoms with van der Waals surface area (Å²) < 4.78 is 61.8. The molecule has 2 atom stereocenters. The van der Waals surface area contributed by atoms with Crippen molar-refractivity contribution in [2.45, 2.75) is 31.9 Å². The SMILES string of the molecule is CC1OC(=O)OC1(C)OCC=C(F)C(F)(F)F. The molecule has 1 saturated heterocycles. The first-order valence-corrected chi connectivity index (χ1v) is 4.61. The predicted octanol–water partition coefficient (Wildman–Crippen LogP) is 2.69. The topological polar surface area (TPSA) is 44.8 Å². The first-order valence-electron chi connectivity index (χ1n) is 4.61. The number of hydrogen-bond donors (Lipinski definition) is 0. The van der Waals surface area contributed by atoms with Gasteiger partial charge in [-0.05, 0) is 13.0 Å². The van der Waals surface area contributed by atoms with Gasteiger partial charge in [-0.3, -0.25) is 0 Å². The second-order valence-electron chi connectivity index (χ2n) is 3.49. The highest BCUT2D eigenvalue weighted by molar-refractivity contribution is 5.62. The van der Waals surface area contributed by atoms with Crippen molar-refractivity contribution in [3.05, 3.63) is 11.9 Å². The summed E-state index contributed by atoms with van der Waals surface area (Å²) in [7, 11) is 0. The number of cyclic esters (lactones) is 2. The molecule has 0 bridgehead atoms. The molecule has 98 valence electrons. The number of ether oxygens (including phenoxy) is 3. The third kappa shape index (κ3) is 3.32. The van der Waals surface area contributed by atoms with Crippen molar-refractivity contribution in [1.82, 2.24) is 0 Å². The maximum Gasteiger partial charge on any atom is 0.511 e. The van der Waals surface area contributed by atoms with E-state index < -0.39 is 36.7 Å². The van der Waals surface area contributed by atoms with Crippen LogP contribution in [0.5, 0.6) is 0 Å². The number of rotatable bonds is 3. The average molecular weight is 258 g/mol. The summed E-state index contributed by atoms with van der Waals surface area (Å²) in [5, 5.41) is 0. The van der Waals surface area contributed by atoms with Crippen LogP contribution >= 0.6 is 0 Å². The molecule has 17 heavy (non-hydrogen) atoms. The zero-order valence-electron chi connectivity index (χ0n) is 9.01. The fourth-order valence-electron chi connectivity index (χ4n) is 1.07. The molecule has 1 fully saturated rings. The number of carbonyl (C=O) groups excluding carboxylic acids is 1. The van der Waals surface area contributed by atoms with Gasteiger partial charge in [-0.15, -0.1) is 0 Å². The van der Waals surface area contributed by atoms with E-state index in [2.05, 4.69) is 9.47 Å². The Hall–Kier alpha value is -1.31. The molecule has 0 radical (unpaired) electrons. The van der Waals surface area contributed by atoms with Crippen LogP contribution in [0.1, 0.15) is 13.8 Å². The summed E-state index contributed by atoms with van der Waals surface area (Å²) in [6, 6.07) is 0. The Bertz CT molecular complexity index is 338. The molecule has 0 aromatic heterocycles. The molecule has 1 aliphatic heterocycles. The first-order chi connectivity index (χ1) is 7.65. The van der Waals surface area contributed by atoms with Crippen molar-refractivity contribution in [2.24, 2.45) is 0 Å². The molecule has 0 aromatic rings. The van der Waals surface area contributed by atoms with Crippen LogP contribution in [0.25, 0.3) is 0 Å². The largest absolute Gasteiger partial charge is 0.511 e. The lowest BCUT2D eigenvalue weighted by Gasteiger charge is -2.23. The smallest absolute Gasteiger partial charge is 0.424 e. The number of carbonyl (C=O) groups is 1. The number of halogens is 4. The molecular weight excluding hydrogens is 248 g/mol. The van der Waals surface area contributed by atoms with Crippen molar-refractivity contribution in [1.29, 1.82) is 0 Å². The van der Waals surface area contributed by atoms with Gasteiger partial charge in [0.05, 0.1) is 6.61 Å². The van der Waals surface area contributed by atoms with E-state index in [1.807, 2.05) is 0 Å². The van der Waals surface area contributed by atoms with Gasteiger partial charge in [-0.1, -0.05) is 0 Å². The molecular formula is C9H10F4O4. The molecule has 1 rings (SSSR count). The first kappa shape index (κ1) is 13.8. The third-order valence-electron chi connectivity index (χ3n) is 2.20. The molecule has 8 heteroatoms. The number of alkyl halides is 3. The van der Waals surface area contributed by atoms with Gasteiger partial charge in [0, 0.05) is 6.92 Å². The van der Waals surface area contributed by atoms with E-state index in [0.29, 0.717) is 0 Å². The minimum Gasteiger partial charge on any atom is -0.424 e. The summed E-state index contributed by atoms with van der Waals surface area (Å²) in [5.41, 5.74) is 0. The van der Waals surface area contributed by atoms with Crippen LogP contribution in [-0.4, -0.2) is 30.8 Å². The Morgan fingerprint density at radius 3 is 2.59 bits per heavy atom. The van der Waals surface area contributed by atoms with Crippen LogP contribution in [0.3, 0.4) is 0 Å². The van der Waals surface area contributed by atoms with E-state index in [0.717, 1.165) is 0 Å². The van der Waals surface area contributed by atoms with Crippen molar-refractivity contribution in [3.63, 3.8) is 0 Å². The monoisotopic (exact) mass is 258 g/mol. The van der Waals surface area contributed by atoms with Gasteiger partial charge in [0.25, 0.3) is 5.79 Å². The summed E-state index contributed by atoms with van der Waals surface area (Å²) in [4.78, 5) is 10.7. The Kier molecular flexibility index (Phi) is 3.65. The fourth-order valence-corrected chi connectivity index (χ4v) is 1.07. The van der Waals surface area contributed by atoms with Crippen LogP contribution in [-0.2, 0) is 14.2 Å². The maximum absolute atomic E-state index is 12.4. The van der Waals surface area contributed by atoms with Crippen molar-refractivity contribution in [3.8, 4) is 0 Å². The molecule has 2 unspecified atom stereocenters. The lowest BCUT2D eigenvalue weighted by molar-refractivity contribution is -0.180. The van der Waals surface area contributed by atoms with Crippen molar-refractivity contribution >= 4 is 6.16 Å². The highest BCUT2D eigenvalue weighted by atomic mass is 19.4. The summed E-state index contributed by atoms with van der Waals surface area (Å²) >= 11 is 0. The van der Waals surface area contributed by atoms with Crippen LogP contribution < -0.4 is 0 Å². The summed E-state index contributed by atoms with van der Waals surface area (Å²) in [6.07, 6.45) is -6.61. The fraction of sp³-hybridized carbons (Fsp3) is 0.667. The minimum atomic E-state index is -5.04. The highest BCUT2D eigenvalue weighted by Gasteiger charge is 2.46. The third-order valence-corrected chi connectivity index (χ3v) is 2.20. The van der Waals surface area contributed by atoms with E-state index in [1.165, 1.54) is 13.8 Å². The molecule has 0 aromatic carbocycles. The Morgan fingerprint density at radius 2 is 2.18 bits per heavy atom. The molecule has 4 nitrogen and oxygen atoms in total. The molecule has 0 N–H and O–H groups in total. The normalized spacial score (nSPS) is 30.1. The molecule has 1 aliphatic rings. The van der Waals surface area contributed by atoms with Crippen LogP contribution in [0.15, 0.2) is 11.9 Å². The lowest BCUT2D eigenvalue weighted by Crippen LogP contribution is -2.37. The zero-order chi connectivity index (χ0) is 13.3. The van der Waals surface area contributed by atoms with E-state index in [1.54, 1.807) is 0 Å². The molecule has 0 amide bonds. The van der Waals surface area contributed by atoms with Gasteiger partial charge < -0.3 is 14.2 Å². The molecule has 0 aliphatic carbocycles. The second-order valence-corrected chi connectivity index (χ2v) is 3.49. The quantitative estimate of drug-likeness (QED) is 0.576. The highest BCUT2D eigenvalue weighted by Crippen LogP contribution is 2.29. The van der Waals surface area contributed by atoms with E-state index >= 15 is 0 Å². The maximum atomic E-state index is 12.4. The predicted molar refractivity (Wildman–Crippen MR) is 46.6 cm³/mol. The van der Waals surface area contributed by atoms with E-state index in [9.17, 15) is 22.4 Å². The summed E-state index contributed by atoms with van der Waals surface area (Å²) in [6.45, 7) is 2.06. The van der Waals surface area contributed by atoms with Gasteiger partial charge in [-0.25, -0.2) is 9.18 Å². The Morgan fingerprint density at radius 1 is 1.59 bits per heavy atom. The lowest BCUT2D eigenvalue weighted by atomic mass is 10.2. The summed E-state index contributed by atoms with van der Waals surface area (Å²) in [5.74, 6) is -3.78. The van der Waals surface area contributed by atoms with E-state index in [4.69, 9.17) is 4.74 Å². The Labute approximate surface area is 94.1 Å². The zero-order valence-corrected chi connectivity index (χ0v) is 9.01.